The van der Waals surface area contributed by atoms with E-state index in [9.17, 15) is 8.78 Å². The fourth-order valence-corrected chi connectivity index (χ4v) is 4.09. The average Bonchev–Trinajstić information content (AvgIpc) is 2.88. The van der Waals surface area contributed by atoms with Crippen molar-refractivity contribution in [3.05, 3.63) is 103 Å². The van der Waals surface area contributed by atoms with E-state index in [2.05, 4.69) is 64.3 Å². The van der Waals surface area contributed by atoms with Crippen LogP contribution < -0.4 is 0 Å². The highest BCUT2D eigenvalue weighted by Crippen LogP contribution is 2.34. The van der Waals surface area contributed by atoms with Gasteiger partial charge in [0.1, 0.15) is 11.6 Å². The summed E-state index contributed by atoms with van der Waals surface area (Å²) in [6, 6.07) is 19.4. The van der Waals surface area contributed by atoms with Crippen LogP contribution in [0.1, 0.15) is 5.56 Å². The van der Waals surface area contributed by atoms with Crippen molar-refractivity contribution >= 4 is 11.0 Å². The third kappa shape index (κ3) is 4.93. The third-order valence-corrected chi connectivity index (χ3v) is 5.97. The van der Waals surface area contributed by atoms with Crippen LogP contribution in [0.4, 0.5) is 8.78 Å². The molecule has 4 nitrogen and oxygen atoms in total. The van der Waals surface area contributed by atoms with Gasteiger partial charge >= 0.3 is 0 Å². The maximum Gasteiger partial charge on any atom is 0.160 e. The zero-order valence-electron chi connectivity index (χ0n) is 19.5. The number of benzene rings is 2. The number of halogens is 2. The monoisotopic (exact) mass is 466 g/mol. The Hall–Kier alpha value is -4.03. The molecule has 0 atom stereocenters. The molecule has 3 aromatic heterocycles. The predicted molar refractivity (Wildman–Crippen MR) is 136 cm³/mol. The van der Waals surface area contributed by atoms with Gasteiger partial charge in [-0.2, -0.15) is 0 Å². The van der Waals surface area contributed by atoms with Gasteiger partial charge in [-0.3, -0.25) is 4.98 Å². The fourth-order valence-electron chi connectivity index (χ4n) is 4.09. The van der Waals surface area contributed by atoms with Crippen molar-refractivity contribution in [1.29, 1.82) is 0 Å². The molecule has 0 saturated heterocycles. The van der Waals surface area contributed by atoms with Gasteiger partial charge < -0.3 is 4.90 Å². The van der Waals surface area contributed by atoms with Crippen molar-refractivity contribution in [2.75, 3.05) is 20.6 Å². The number of aromatic nitrogens is 3. The van der Waals surface area contributed by atoms with E-state index in [0.717, 1.165) is 58.8 Å². The number of pyridine rings is 3. The van der Waals surface area contributed by atoms with Crippen LogP contribution >= 0.6 is 0 Å². The van der Waals surface area contributed by atoms with Crippen molar-refractivity contribution in [3.63, 3.8) is 0 Å². The van der Waals surface area contributed by atoms with Crippen molar-refractivity contribution in [3.8, 4) is 33.5 Å². The van der Waals surface area contributed by atoms with E-state index >= 15 is 0 Å². The molecule has 35 heavy (non-hydrogen) atoms. The second kappa shape index (κ2) is 9.68. The molecule has 0 saturated carbocycles. The number of fused-ring (bicyclic) bond motifs is 1. The largest absolute Gasteiger partial charge is 0.309 e. The summed E-state index contributed by atoms with van der Waals surface area (Å²) >= 11 is 0. The Morgan fingerprint density at radius 3 is 2.40 bits per heavy atom. The lowest BCUT2D eigenvalue weighted by Gasteiger charge is -2.12. The SMILES string of the molecule is CN(C)CCc1ccc(-c2cncc(-c3cc(-c4cc(F)ccc4F)nc4ncccc34)c2)cc1. The third-order valence-electron chi connectivity index (χ3n) is 5.97. The Kier molecular flexibility index (Phi) is 6.29. The minimum Gasteiger partial charge on any atom is -0.309 e. The van der Waals surface area contributed by atoms with Crippen molar-refractivity contribution in [2.24, 2.45) is 0 Å². The molecule has 0 amide bonds. The smallest absolute Gasteiger partial charge is 0.160 e. The molecule has 0 aliphatic heterocycles. The Balaban J connectivity index is 1.58. The highest BCUT2D eigenvalue weighted by atomic mass is 19.1. The summed E-state index contributed by atoms with van der Waals surface area (Å²) in [5, 5.41) is 0.811. The summed E-state index contributed by atoms with van der Waals surface area (Å²) in [6.45, 7) is 0.994. The van der Waals surface area contributed by atoms with Gasteiger partial charge in [0.15, 0.2) is 5.65 Å². The van der Waals surface area contributed by atoms with Crippen LogP contribution in [0.5, 0.6) is 0 Å². The van der Waals surface area contributed by atoms with Crippen LogP contribution in [-0.2, 0) is 6.42 Å². The van der Waals surface area contributed by atoms with E-state index < -0.39 is 11.6 Å². The molecule has 0 spiro atoms. The second-order valence-corrected chi connectivity index (χ2v) is 8.77. The molecule has 0 aliphatic carbocycles. The maximum atomic E-state index is 14.6. The Morgan fingerprint density at radius 2 is 1.60 bits per heavy atom. The van der Waals surface area contributed by atoms with E-state index in [1.54, 1.807) is 18.5 Å². The molecule has 3 heterocycles. The van der Waals surface area contributed by atoms with Gasteiger partial charge in [0.05, 0.1) is 5.69 Å². The summed E-state index contributed by atoms with van der Waals surface area (Å²) in [7, 11) is 4.13. The lowest BCUT2D eigenvalue weighted by Crippen LogP contribution is -2.14. The van der Waals surface area contributed by atoms with Crippen LogP contribution in [0.3, 0.4) is 0 Å². The molecule has 0 aliphatic rings. The van der Waals surface area contributed by atoms with E-state index in [-0.39, 0.29) is 5.56 Å². The lowest BCUT2D eigenvalue weighted by atomic mass is 9.97. The summed E-state index contributed by atoms with van der Waals surface area (Å²) in [6.07, 6.45) is 6.22. The predicted octanol–water partition coefficient (Wildman–Crippen LogP) is 6.41. The molecule has 0 N–H and O–H groups in total. The van der Waals surface area contributed by atoms with Gasteiger partial charge in [0.2, 0.25) is 0 Å². The highest BCUT2D eigenvalue weighted by Gasteiger charge is 2.14. The average molecular weight is 467 g/mol. The zero-order chi connectivity index (χ0) is 24.4. The highest BCUT2D eigenvalue weighted by molar-refractivity contribution is 5.95. The summed E-state index contributed by atoms with van der Waals surface area (Å²) in [4.78, 5) is 15.5. The molecule has 0 unspecified atom stereocenters. The first-order chi connectivity index (χ1) is 17.0. The first-order valence-corrected chi connectivity index (χ1v) is 11.4. The summed E-state index contributed by atoms with van der Waals surface area (Å²) in [5.41, 5.74) is 5.82. The lowest BCUT2D eigenvalue weighted by molar-refractivity contribution is 0.413. The number of hydrogen-bond donors (Lipinski definition) is 0. The van der Waals surface area contributed by atoms with Crippen molar-refractivity contribution in [2.45, 2.75) is 6.42 Å². The van der Waals surface area contributed by atoms with Gasteiger partial charge in [0.25, 0.3) is 0 Å². The molecule has 6 heteroatoms. The molecule has 0 fully saturated rings. The molecule has 0 bridgehead atoms. The Labute approximate surface area is 202 Å². The van der Waals surface area contributed by atoms with E-state index in [1.165, 1.54) is 5.56 Å². The zero-order valence-corrected chi connectivity index (χ0v) is 19.5. The van der Waals surface area contributed by atoms with Crippen molar-refractivity contribution in [1.82, 2.24) is 19.9 Å². The van der Waals surface area contributed by atoms with Gasteiger partial charge in [-0.15, -0.1) is 0 Å². The minimum atomic E-state index is -0.540. The molecular formula is C29H24F2N4. The minimum absolute atomic E-state index is 0.0937. The second-order valence-electron chi connectivity index (χ2n) is 8.77. The Morgan fingerprint density at radius 1 is 0.800 bits per heavy atom. The molecular weight excluding hydrogens is 442 g/mol. The standard InChI is InChI=1S/C29H24F2N4/c1-35(2)13-11-19-5-7-20(8-6-19)21-14-22(18-32-17-21)25-16-28(26-15-23(30)9-10-27(26)31)34-29-24(25)4-3-12-33-29/h3-10,12,14-18H,11,13H2,1-2H3. The normalized spacial score (nSPS) is 11.3. The first-order valence-electron chi connectivity index (χ1n) is 11.4. The first kappa shape index (κ1) is 22.7. The van der Waals surface area contributed by atoms with Crippen LogP contribution in [0, 0.1) is 11.6 Å². The quantitative estimate of drug-likeness (QED) is 0.290. The number of nitrogens with zero attached hydrogens (tertiary/aromatic N) is 4. The number of hydrogen-bond acceptors (Lipinski definition) is 4. The van der Waals surface area contributed by atoms with Crippen LogP contribution in [0.2, 0.25) is 0 Å². The topological polar surface area (TPSA) is 41.9 Å². The van der Waals surface area contributed by atoms with Crippen LogP contribution in [0.25, 0.3) is 44.5 Å². The van der Waals surface area contributed by atoms with E-state index in [1.807, 2.05) is 18.3 Å². The molecule has 174 valence electrons. The summed E-state index contributed by atoms with van der Waals surface area (Å²) in [5.74, 6) is -1.06. The Bertz CT molecular complexity index is 1500. The van der Waals surface area contributed by atoms with Crippen molar-refractivity contribution < 1.29 is 8.78 Å². The van der Waals surface area contributed by atoms with E-state index in [4.69, 9.17) is 0 Å². The molecule has 0 radical (unpaired) electrons. The number of likely N-dealkylation sites (N-methyl/N-ethyl adjacent to an activating group) is 1. The molecule has 5 aromatic rings. The maximum absolute atomic E-state index is 14.6. The van der Waals surface area contributed by atoms with Gasteiger partial charge in [-0.25, -0.2) is 18.7 Å². The van der Waals surface area contributed by atoms with Gasteiger partial charge in [0, 0.05) is 47.2 Å². The number of rotatable bonds is 6. The van der Waals surface area contributed by atoms with Gasteiger partial charge in [-0.1, -0.05) is 24.3 Å². The molecule has 2 aromatic carbocycles. The van der Waals surface area contributed by atoms with Crippen LogP contribution in [-0.4, -0.2) is 40.5 Å². The molecule has 5 rings (SSSR count). The fraction of sp³-hybridized carbons (Fsp3) is 0.138. The van der Waals surface area contributed by atoms with Crippen LogP contribution in [0.15, 0.2) is 85.3 Å². The summed E-state index contributed by atoms with van der Waals surface area (Å²) < 4.78 is 28.5. The van der Waals surface area contributed by atoms with E-state index in [0.29, 0.717) is 11.3 Å². The van der Waals surface area contributed by atoms with Gasteiger partial charge in [-0.05, 0) is 79.7 Å².